The number of benzene rings is 1. The number of fused-ring (bicyclic) bond motifs is 1. The van der Waals surface area contributed by atoms with Crippen LogP contribution in [-0.2, 0) is 0 Å². The van der Waals surface area contributed by atoms with Crippen LogP contribution in [0.25, 0.3) is 10.9 Å². The van der Waals surface area contributed by atoms with E-state index in [9.17, 15) is 4.79 Å². The van der Waals surface area contributed by atoms with Gasteiger partial charge in [-0.3, -0.25) is 4.79 Å². The van der Waals surface area contributed by atoms with Gasteiger partial charge in [0.15, 0.2) is 0 Å². The zero-order valence-electron chi connectivity index (χ0n) is 16.8. The Balaban J connectivity index is 0.000000755. The summed E-state index contributed by atoms with van der Waals surface area (Å²) in [5.74, 6) is 1.38. The number of carbonyl (C=O) groups excluding carboxylic acids is 1. The maximum Gasteiger partial charge on any atom is 0.253 e. The van der Waals surface area contributed by atoms with E-state index in [-0.39, 0.29) is 11.9 Å². The number of nitrogens with zero attached hydrogens (tertiary/aromatic N) is 3. The highest BCUT2D eigenvalue weighted by Gasteiger charge is 2.25. The average Bonchev–Trinajstić information content (AvgIpc) is 2.71. The van der Waals surface area contributed by atoms with E-state index in [0.717, 1.165) is 36.4 Å². The zero-order chi connectivity index (χ0) is 20.8. The molecule has 1 saturated heterocycles. The summed E-state index contributed by atoms with van der Waals surface area (Å²) in [6, 6.07) is 9.50. The number of nitrogens with one attached hydrogen (secondary N) is 1. The minimum absolute atomic E-state index is 0.105. The molecule has 0 spiro atoms. The third kappa shape index (κ3) is 5.17. The molecule has 2 aliphatic rings. The maximum absolute atomic E-state index is 12.8. The van der Waals surface area contributed by atoms with Crippen molar-refractivity contribution in [3.8, 4) is 6.07 Å². The first-order chi connectivity index (χ1) is 14.0. The van der Waals surface area contributed by atoms with Crippen molar-refractivity contribution in [2.45, 2.75) is 45.1 Å². The number of nitriles is 1. The number of halogens is 1. The summed E-state index contributed by atoms with van der Waals surface area (Å²) < 4.78 is 0. The minimum Gasteiger partial charge on any atom is -0.353 e. The number of hydrogen-bond acceptors (Lipinski definition) is 5. The molecule has 4 rings (SSSR count). The fraction of sp³-hybridized carbons (Fsp3) is 0.500. The molecule has 0 unspecified atom stereocenters. The van der Waals surface area contributed by atoms with Crippen LogP contribution < -0.4 is 16.0 Å². The van der Waals surface area contributed by atoms with Crippen molar-refractivity contribution in [2.75, 3.05) is 24.5 Å². The number of aromatic nitrogens is 1. The van der Waals surface area contributed by atoms with Crippen molar-refractivity contribution >= 4 is 34.2 Å². The third-order valence-electron chi connectivity index (χ3n) is 5.54. The Hall–Kier alpha value is -2.36. The number of pyridine rings is 1. The van der Waals surface area contributed by atoms with E-state index in [0.29, 0.717) is 16.5 Å². The van der Waals surface area contributed by atoms with E-state index >= 15 is 0 Å². The first-order valence-corrected chi connectivity index (χ1v) is 10.6. The van der Waals surface area contributed by atoms with Gasteiger partial charge in [0, 0.05) is 38.0 Å². The lowest BCUT2D eigenvalue weighted by Gasteiger charge is -2.37. The Morgan fingerprint density at radius 2 is 1.97 bits per heavy atom. The minimum atomic E-state index is -0.105. The quantitative estimate of drug-likeness (QED) is 0.793. The lowest BCUT2D eigenvalue weighted by molar-refractivity contribution is 0.0945. The maximum atomic E-state index is 12.8. The van der Waals surface area contributed by atoms with Crippen LogP contribution in [0.4, 0.5) is 5.82 Å². The van der Waals surface area contributed by atoms with Crippen molar-refractivity contribution < 1.29 is 4.79 Å². The second kappa shape index (κ2) is 9.91. The molecule has 1 aliphatic carbocycles. The highest BCUT2D eigenvalue weighted by atomic mass is 35.5. The Kier molecular flexibility index (Phi) is 7.29. The molecule has 1 amide bonds. The lowest BCUT2D eigenvalue weighted by Crippen LogP contribution is -2.56. The molecule has 0 radical (unpaired) electrons. The first kappa shape index (κ1) is 21.4. The van der Waals surface area contributed by atoms with Crippen molar-refractivity contribution in [1.29, 1.82) is 5.26 Å². The summed E-state index contributed by atoms with van der Waals surface area (Å²) in [6.45, 7) is 3.80. The summed E-state index contributed by atoms with van der Waals surface area (Å²) in [5, 5.41) is 11.7. The van der Waals surface area contributed by atoms with E-state index in [1.165, 1.54) is 39.0 Å². The summed E-state index contributed by atoms with van der Waals surface area (Å²) in [5.41, 5.74) is 7.17. The Morgan fingerprint density at radius 1 is 1.28 bits per heavy atom. The van der Waals surface area contributed by atoms with Crippen LogP contribution >= 0.6 is 11.6 Å². The highest BCUT2D eigenvalue weighted by molar-refractivity contribution is 6.35. The predicted molar refractivity (Wildman–Crippen MR) is 117 cm³/mol. The van der Waals surface area contributed by atoms with E-state index in [2.05, 4.69) is 10.2 Å². The molecule has 0 atom stereocenters. The van der Waals surface area contributed by atoms with Crippen molar-refractivity contribution in [2.24, 2.45) is 11.7 Å². The molecule has 1 saturated carbocycles. The van der Waals surface area contributed by atoms with E-state index in [1.54, 1.807) is 12.1 Å². The molecule has 7 heteroatoms. The second-order valence-electron chi connectivity index (χ2n) is 7.76. The van der Waals surface area contributed by atoms with Crippen LogP contribution in [0.15, 0.2) is 24.3 Å². The highest BCUT2D eigenvalue weighted by Crippen LogP contribution is 2.29. The smallest absolute Gasteiger partial charge is 0.253 e. The molecular weight excluding hydrogens is 386 g/mol. The third-order valence-corrected chi connectivity index (χ3v) is 5.86. The lowest BCUT2D eigenvalue weighted by atomic mass is 9.89. The van der Waals surface area contributed by atoms with Gasteiger partial charge in [0.1, 0.15) is 5.82 Å². The summed E-state index contributed by atoms with van der Waals surface area (Å²) >= 11 is 6.36. The monoisotopic (exact) mass is 413 g/mol. The molecular formula is C22H28ClN5O. The van der Waals surface area contributed by atoms with Gasteiger partial charge in [-0.15, -0.1) is 0 Å². The second-order valence-corrected chi connectivity index (χ2v) is 8.17. The van der Waals surface area contributed by atoms with Gasteiger partial charge >= 0.3 is 0 Å². The SMILES string of the molecule is CC#N.NC1CN(c2ccc3c(C(=O)NCC4CCCCC4)c(Cl)ccc3n2)C1. The van der Waals surface area contributed by atoms with Crippen LogP contribution in [-0.4, -0.2) is 36.6 Å². The molecule has 2 aromatic rings. The Bertz CT molecular complexity index is 898. The molecule has 0 bridgehead atoms. The molecule has 2 fully saturated rings. The Labute approximate surface area is 177 Å². The molecule has 2 heterocycles. The van der Waals surface area contributed by atoms with Gasteiger partial charge in [-0.2, -0.15) is 5.26 Å². The van der Waals surface area contributed by atoms with Crippen molar-refractivity contribution in [3.05, 3.63) is 34.9 Å². The summed E-state index contributed by atoms with van der Waals surface area (Å²) in [7, 11) is 0. The average molecular weight is 414 g/mol. The van der Waals surface area contributed by atoms with Gasteiger partial charge < -0.3 is 16.0 Å². The number of anilines is 1. The van der Waals surface area contributed by atoms with Crippen molar-refractivity contribution in [3.63, 3.8) is 0 Å². The van der Waals surface area contributed by atoms with Crippen molar-refractivity contribution in [1.82, 2.24) is 10.3 Å². The van der Waals surface area contributed by atoms with E-state index in [1.807, 2.05) is 18.2 Å². The molecule has 29 heavy (non-hydrogen) atoms. The molecule has 154 valence electrons. The van der Waals surface area contributed by atoms with Gasteiger partial charge in [0.2, 0.25) is 0 Å². The van der Waals surface area contributed by atoms with Crippen LogP contribution in [0.1, 0.15) is 49.4 Å². The van der Waals surface area contributed by atoms with E-state index < -0.39 is 0 Å². The predicted octanol–water partition coefficient (Wildman–Crippen LogP) is 3.88. The van der Waals surface area contributed by atoms with Gasteiger partial charge in [-0.25, -0.2) is 4.98 Å². The summed E-state index contributed by atoms with van der Waals surface area (Å²) in [4.78, 5) is 19.6. The number of hydrogen-bond donors (Lipinski definition) is 2. The van der Waals surface area contributed by atoms with Crippen LogP contribution in [0.2, 0.25) is 5.02 Å². The standard InChI is InChI=1S/C20H25ClN4O.C2H3N/c21-16-7-8-17-15(6-9-18(24-17)25-11-14(22)12-25)19(16)20(26)23-10-13-4-2-1-3-5-13;1-2-3/h6-9,13-14H,1-5,10-12,22H2,(H,23,26);1H3. The van der Waals surface area contributed by atoms with Gasteiger partial charge in [-0.1, -0.05) is 30.9 Å². The van der Waals surface area contributed by atoms with Crippen LogP contribution in [0, 0.1) is 17.2 Å². The van der Waals surface area contributed by atoms with Crippen LogP contribution in [0.5, 0.6) is 0 Å². The number of rotatable bonds is 4. The van der Waals surface area contributed by atoms with Crippen LogP contribution in [0.3, 0.4) is 0 Å². The number of carbonyl (C=O) groups is 1. The van der Waals surface area contributed by atoms with E-state index in [4.69, 9.17) is 27.6 Å². The number of nitrogens with two attached hydrogens (primary N) is 1. The van der Waals surface area contributed by atoms with Gasteiger partial charge in [-0.05, 0) is 43.0 Å². The van der Waals surface area contributed by atoms with Gasteiger partial charge in [0.05, 0.1) is 22.2 Å². The topological polar surface area (TPSA) is 95.0 Å². The summed E-state index contributed by atoms with van der Waals surface area (Å²) in [6.07, 6.45) is 6.25. The zero-order valence-corrected chi connectivity index (χ0v) is 17.6. The molecule has 3 N–H and O–H groups in total. The number of amides is 1. The molecule has 1 aromatic carbocycles. The molecule has 1 aromatic heterocycles. The fourth-order valence-corrected chi connectivity index (χ4v) is 4.24. The first-order valence-electron chi connectivity index (χ1n) is 10.2. The molecule has 6 nitrogen and oxygen atoms in total. The molecule has 1 aliphatic heterocycles. The fourth-order valence-electron chi connectivity index (χ4n) is 3.99. The normalized spacial score (nSPS) is 17.1. The van der Waals surface area contributed by atoms with Gasteiger partial charge in [0.25, 0.3) is 5.91 Å². The largest absolute Gasteiger partial charge is 0.353 e. The Morgan fingerprint density at radius 3 is 2.62 bits per heavy atom.